The molecule has 3 aromatic rings. The van der Waals surface area contributed by atoms with E-state index in [2.05, 4.69) is 20.8 Å². The van der Waals surface area contributed by atoms with Gasteiger partial charge in [0.2, 0.25) is 5.69 Å². The van der Waals surface area contributed by atoms with Crippen molar-refractivity contribution in [1.82, 2.24) is 4.57 Å². The van der Waals surface area contributed by atoms with Crippen molar-refractivity contribution in [3.8, 4) is 22.6 Å². The van der Waals surface area contributed by atoms with E-state index < -0.39 is 11.7 Å². The lowest BCUT2D eigenvalue weighted by Gasteiger charge is -2.18. The number of halogens is 3. The van der Waals surface area contributed by atoms with Gasteiger partial charge in [0.25, 0.3) is 5.82 Å². The Kier molecular flexibility index (Phi) is 5.10. The number of benzene rings is 1. The van der Waals surface area contributed by atoms with Gasteiger partial charge in [-0.25, -0.2) is 13.7 Å². The van der Waals surface area contributed by atoms with Gasteiger partial charge in [-0.3, -0.25) is 0 Å². The molecule has 0 bridgehead atoms. The van der Waals surface area contributed by atoms with Crippen molar-refractivity contribution in [1.29, 1.82) is 0 Å². The summed E-state index contributed by atoms with van der Waals surface area (Å²) in [5.41, 5.74) is 3.16. The van der Waals surface area contributed by atoms with Crippen LogP contribution in [0.4, 0.5) is 13.2 Å². The van der Waals surface area contributed by atoms with E-state index in [1.54, 1.807) is 0 Å². The number of rotatable bonds is 2. The molecule has 0 unspecified atom stereocenters. The van der Waals surface area contributed by atoms with Crippen LogP contribution in [0.5, 0.6) is 0 Å². The normalized spacial score (nSPS) is 12.5. The largest absolute Gasteiger partial charge is 0.416 e. The third-order valence-electron chi connectivity index (χ3n) is 5.43. The van der Waals surface area contributed by atoms with Crippen LogP contribution in [0.25, 0.3) is 22.6 Å². The predicted octanol–water partition coefficient (Wildman–Crippen LogP) is 4.63. The fourth-order valence-corrected chi connectivity index (χ4v) is 3.68. The van der Waals surface area contributed by atoms with E-state index in [1.807, 2.05) is 72.5 Å². The predicted molar refractivity (Wildman–Crippen MR) is 107 cm³/mol. The fraction of sp³-hybridized carbons (Fsp3) is 0.391. The molecule has 3 nitrogen and oxygen atoms in total. The van der Waals surface area contributed by atoms with Crippen molar-refractivity contribution in [2.75, 3.05) is 0 Å². The molecule has 0 atom stereocenters. The van der Waals surface area contributed by atoms with Crippen molar-refractivity contribution in [3.05, 3.63) is 59.5 Å². The van der Waals surface area contributed by atoms with Gasteiger partial charge < -0.3 is 0 Å². The Morgan fingerprint density at radius 1 is 0.897 bits per heavy atom. The molecule has 0 spiro atoms. The highest BCUT2D eigenvalue weighted by Crippen LogP contribution is 2.38. The van der Waals surface area contributed by atoms with Gasteiger partial charge in [0.05, 0.1) is 30.8 Å². The van der Waals surface area contributed by atoms with Crippen LogP contribution in [0.2, 0.25) is 0 Å². The minimum absolute atomic E-state index is 0.0406. The van der Waals surface area contributed by atoms with E-state index in [9.17, 15) is 13.2 Å². The molecule has 2 heterocycles. The van der Waals surface area contributed by atoms with E-state index in [4.69, 9.17) is 0 Å². The summed E-state index contributed by atoms with van der Waals surface area (Å²) < 4.78 is 46.8. The van der Waals surface area contributed by atoms with E-state index in [-0.39, 0.29) is 5.41 Å². The molecule has 0 aliphatic carbocycles. The topological polar surface area (TPSA) is 12.7 Å². The molecule has 29 heavy (non-hydrogen) atoms. The molecule has 2 aromatic heterocycles. The minimum atomic E-state index is -4.43. The number of hydrogen-bond acceptors (Lipinski definition) is 0. The molecule has 1 aromatic carbocycles. The third-order valence-corrected chi connectivity index (χ3v) is 5.43. The maximum atomic E-state index is 13.7. The number of aryl methyl sites for hydroxylation is 3. The first-order valence-corrected chi connectivity index (χ1v) is 9.54. The first-order valence-electron chi connectivity index (χ1n) is 9.54. The van der Waals surface area contributed by atoms with E-state index >= 15 is 0 Å². The zero-order valence-corrected chi connectivity index (χ0v) is 18.0. The summed E-state index contributed by atoms with van der Waals surface area (Å²) >= 11 is 0. The molecule has 0 fully saturated rings. The van der Waals surface area contributed by atoms with Gasteiger partial charge >= 0.3 is 6.18 Å². The molecule has 3 rings (SSSR count). The van der Waals surface area contributed by atoms with Gasteiger partial charge in [0.1, 0.15) is 19.4 Å². The SMILES string of the molecule is Cc1c(-c2ccc(C(C)(C)C)c[n+]2C)cc(C(F)(F)F)cc1-c1n(C)cc[n+]1C. The summed E-state index contributed by atoms with van der Waals surface area (Å²) in [4.78, 5) is 0. The number of hydrogen-bond donors (Lipinski definition) is 0. The second kappa shape index (κ2) is 7.01. The van der Waals surface area contributed by atoms with Crippen LogP contribution in [0.15, 0.2) is 42.9 Å². The third kappa shape index (κ3) is 3.93. The van der Waals surface area contributed by atoms with Crippen molar-refractivity contribution in [2.45, 2.75) is 39.3 Å². The zero-order chi connectivity index (χ0) is 21.7. The lowest BCUT2D eigenvalue weighted by molar-refractivity contribution is -0.661. The van der Waals surface area contributed by atoms with Crippen LogP contribution in [0.3, 0.4) is 0 Å². The summed E-state index contributed by atoms with van der Waals surface area (Å²) in [6, 6.07) is 6.42. The molecular formula is C23H28F3N3+2. The maximum absolute atomic E-state index is 13.7. The van der Waals surface area contributed by atoms with Crippen LogP contribution in [-0.4, -0.2) is 4.57 Å². The number of imidazole rings is 1. The summed E-state index contributed by atoms with van der Waals surface area (Å²) in [6.45, 7) is 8.23. The summed E-state index contributed by atoms with van der Waals surface area (Å²) in [5, 5.41) is 0. The lowest BCUT2D eigenvalue weighted by atomic mass is 9.87. The molecule has 0 N–H and O–H groups in total. The van der Waals surface area contributed by atoms with Gasteiger partial charge in [-0.15, -0.1) is 0 Å². The Labute approximate surface area is 170 Å². The lowest BCUT2D eigenvalue weighted by Crippen LogP contribution is -2.33. The highest BCUT2D eigenvalue weighted by atomic mass is 19.4. The standard InChI is InChI=1S/C23H28F3N3/c1-15-18(20-9-8-16(14-29(20)7)22(2,3)4)12-17(23(24,25)26)13-19(15)21-27(5)10-11-28(21)6/h8-14H,1-7H3/q+2. The van der Waals surface area contributed by atoms with Crippen molar-refractivity contribution in [2.24, 2.45) is 21.1 Å². The van der Waals surface area contributed by atoms with Crippen LogP contribution < -0.4 is 9.13 Å². The first-order chi connectivity index (χ1) is 13.3. The van der Waals surface area contributed by atoms with Crippen molar-refractivity contribution in [3.63, 3.8) is 0 Å². The van der Waals surface area contributed by atoms with Gasteiger partial charge in [-0.05, 0) is 36.1 Å². The highest BCUT2D eigenvalue weighted by Gasteiger charge is 2.34. The number of nitrogens with zero attached hydrogens (tertiary/aromatic N) is 3. The number of pyridine rings is 1. The van der Waals surface area contributed by atoms with Gasteiger partial charge in [0, 0.05) is 11.6 Å². The number of aromatic nitrogens is 3. The Morgan fingerprint density at radius 3 is 2.00 bits per heavy atom. The van der Waals surface area contributed by atoms with Crippen LogP contribution in [0, 0.1) is 6.92 Å². The Balaban J connectivity index is 2.31. The highest BCUT2D eigenvalue weighted by molar-refractivity contribution is 5.73. The van der Waals surface area contributed by atoms with Crippen LogP contribution in [0.1, 0.15) is 37.5 Å². The maximum Gasteiger partial charge on any atom is 0.416 e. The summed E-state index contributed by atoms with van der Waals surface area (Å²) in [5.74, 6) is 0.726. The van der Waals surface area contributed by atoms with E-state index in [0.29, 0.717) is 11.1 Å². The van der Waals surface area contributed by atoms with Crippen molar-refractivity contribution >= 4 is 0 Å². The summed E-state index contributed by atoms with van der Waals surface area (Å²) in [7, 11) is 5.56. The Morgan fingerprint density at radius 2 is 1.52 bits per heavy atom. The molecular weight excluding hydrogens is 375 g/mol. The Hall–Kier alpha value is -2.63. The molecule has 0 saturated heterocycles. The molecule has 0 aliphatic heterocycles. The van der Waals surface area contributed by atoms with Gasteiger partial charge in [-0.1, -0.05) is 20.8 Å². The average Bonchev–Trinajstić information content (AvgIpc) is 2.92. The quantitative estimate of drug-likeness (QED) is 0.553. The fourth-order valence-electron chi connectivity index (χ4n) is 3.68. The first kappa shape index (κ1) is 21.1. The molecule has 6 heteroatoms. The van der Waals surface area contributed by atoms with Gasteiger partial charge in [0.15, 0.2) is 6.20 Å². The van der Waals surface area contributed by atoms with Crippen molar-refractivity contribution < 1.29 is 22.3 Å². The number of alkyl halides is 3. The molecule has 0 amide bonds. The average molecular weight is 403 g/mol. The smallest absolute Gasteiger partial charge is 0.233 e. The molecule has 154 valence electrons. The minimum Gasteiger partial charge on any atom is -0.233 e. The monoisotopic (exact) mass is 403 g/mol. The second-order valence-corrected chi connectivity index (χ2v) is 8.70. The van der Waals surface area contributed by atoms with E-state index in [1.165, 1.54) is 12.1 Å². The second-order valence-electron chi connectivity index (χ2n) is 8.70. The van der Waals surface area contributed by atoms with Gasteiger partial charge in [-0.2, -0.15) is 13.2 Å². The zero-order valence-electron chi connectivity index (χ0n) is 18.0. The molecule has 0 radical (unpaired) electrons. The van der Waals surface area contributed by atoms with Crippen LogP contribution >= 0.6 is 0 Å². The van der Waals surface area contributed by atoms with Crippen LogP contribution in [-0.2, 0) is 32.7 Å². The molecule has 0 aliphatic rings. The molecule has 0 saturated carbocycles. The van der Waals surface area contributed by atoms with E-state index in [0.717, 1.165) is 22.6 Å². The summed E-state index contributed by atoms with van der Waals surface area (Å²) in [6.07, 6.45) is 1.25. The Bertz CT molecular complexity index is 1050.